The van der Waals surface area contributed by atoms with Gasteiger partial charge in [-0.2, -0.15) is 0 Å². The molecule has 1 aliphatic carbocycles. The van der Waals surface area contributed by atoms with Gasteiger partial charge < -0.3 is 14.9 Å². The van der Waals surface area contributed by atoms with E-state index in [0.717, 1.165) is 41.3 Å². The molecular formula is C17H19N5O. The van der Waals surface area contributed by atoms with Crippen LogP contribution in [0.15, 0.2) is 24.8 Å². The minimum absolute atomic E-state index is 0.102. The minimum atomic E-state index is -0.102. The summed E-state index contributed by atoms with van der Waals surface area (Å²) in [6.45, 7) is 0. The Labute approximate surface area is 133 Å². The first-order valence-electron chi connectivity index (χ1n) is 8.36. The smallest absolute Gasteiger partial charge is 0.220 e. The van der Waals surface area contributed by atoms with Crippen LogP contribution < -0.4 is 5.32 Å². The third-order valence-corrected chi connectivity index (χ3v) is 5.63. The molecule has 2 aliphatic rings. The van der Waals surface area contributed by atoms with E-state index in [9.17, 15) is 4.79 Å². The number of hydrogen-bond donors (Lipinski definition) is 2. The van der Waals surface area contributed by atoms with Gasteiger partial charge in [0.2, 0.25) is 5.91 Å². The van der Waals surface area contributed by atoms with Crippen molar-refractivity contribution in [3.63, 3.8) is 0 Å². The van der Waals surface area contributed by atoms with Gasteiger partial charge in [0.05, 0.1) is 29.6 Å². The standard InChI is InChI=1S/C17H19N5O/c23-14-4-7-17(21-14)6-2-1-3-13(17)22-10-20-12-9-19-16-11(15(12)22)5-8-18-16/h5,8-10,13H,1-4,6-7H2,(H,18,19)(H,21,23). The van der Waals surface area contributed by atoms with Gasteiger partial charge in [-0.25, -0.2) is 9.97 Å². The number of carbonyl (C=O) groups excluding carboxylic acids is 1. The summed E-state index contributed by atoms with van der Waals surface area (Å²) in [5.41, 5.74) is 2.83. The summed E-state index contributed by atoms with van der Waals surface area (Å²) >= 11 is 0. The van der Waals surface area contributed by atoms with Crippen LogP contribution in [0.25, 0.3) is 22.1 Å². The fourth-order valence-corrected chi connectivity index (χ4v) is 4.57. The molecule has 23 heavy (non-hydrogen) atoms. The van der Waals surface area contributed by atoms with Gasteiger partial charge in [-0.3, -0.25) is 4.79 Å². The van der Waals surface area contributed by atoms with Crippen molar-refractivity contribution in [1.82, 2.24) is 24.8 Å². The first-order valence-corrected chi connectivity index (χ1v) is 8.36. The molecule has 2 unspecified atom stereocenters. The van der Waals surface area contributed by atoms with E-state index < -0.39 is 0 Å². The van der Waals surface area contributed by atoms with E-state index >= 15 is 0 Å². The monoisotopic (exact) mass is 309 g/mol. The number of imidazole rings is 1. The second kappa shape index (κ2) is 4.57. The normalized spacial score (nSPS) is 28.0. The predicted octanol–water partition coefficient (Wildman–Crippen LogP) is 2.68. The Kier molecular flexibility index (Phi) is 2.60. The Hall–Kier alpha value is -2.37. The van der Waals surface area contributed by atoms with Gasteiger partial charge in [-0.1, -0.05) is 12.8 Å². The fraction of sp³-hybridized carbons (Fsp3) is 0.471. The van der Waals surface area contributed by atoms with Crippen LogP contribution in [0.3, 0.4) is 0 Å². The van der Waals surface area contributed by atoms with Gasteiger partial charge in [0, 0.05) is 18.0 Å². The van der Waals surface area contributed by atoms with E-state index in [1.54, 1.807) is 0 Å². The molecule has 6 nitrogen and oxygen atoms in total. The number of carbonyl (C=O) groups is 1. The molecular weight excluding hydrogens is 290 g/mol. The van der Waals surface area contributed by atoms with Crippen LogP contribution in [-0.2, 0) is 4.79 Å². The number of nitrogens with one attached hydrogen (secondary N) is 2. The van der Waals surface area contributed by atoms with E-state index in [-0.39, 0.29) is 17.5 Å². The average Bonchev–Trinajstić information content (AvgIpc) is 3.26. The number of nitrogens with zero attached hydrogens (tertiary/aromatic N) is 3. The summed E-state index contributed by atoms with van der Waals surface area (Å²) in [5.74, 6) is 0.190. The van der Waals surface area contributed by atoms with Crippen molar-refractivity contribution in [3.05, 3.63) is 24.8 Å². The summed E-state index contributed by atoms with van der Waals surface area (Å²) in [5, 5.41) is 4.41. The molecule has 3 aromatic heterocycles. The number of aromatic amines is 1. The van der Waals surface area contributed by atoms with Crippen molar-refractivity contribution in [2.24, 2.45) is 0 Å². The van der Waals surface area contributed by atoms with Crippen LogP contribution in [0, 0.1) is 0 Å². The van der Waals surface area contributed by atoms with Crippen molar-refractivity contribution < 1.29 is 4.79 Å². The highest BCUT2D eigenvalue weighted by Crippen LogP contribution is 2.44. The summed E-state index contributed by atoms with van der Waals surface area (Å²) in [4.78, 5) is 24.1. The molecule has 3 aromatic rings. The van der Waals surface area contributed by atoms with Crippen molar-refractivity contribution in [3.8, 4) is 0 Å². The van der Waals surface area contributed by atoms with Gasteiger partial charge in [-0.15, -0.1) is 0 Å². The lowest BCUT2D eigenvalue weighted by Gasteiger charge is -2.42. The fourth-order valence-electron chi connectivity index (χ4n) is 4.57. The first-order chi connectivity index (χ1) is 11.3. The molecule has 0 bridgehead atoms. The maximum atomic E-state index is 11.9. The van der Waals surface area contributed by atoms with Gasteiger partial charge >= 0.3 is 0 Å². The summed E-state index contributed by atoms with van der Waals surface area (Å²) in [6, 6.07) is 2.33. The van der Waals surface area contributed by atoms with E-state index in [0.29, 0.717) is 6.42 Å². The Morgan fingerprint density at radius 1 is 1.26 bits per heavy atom. The van der Waals surface area contributed by atoms with Crippen LogP contribution in [0.4, 0.5) is 0 Å². The topological polar surface area (TPSA) is 75.6 Å². The minimum Gasteiger partial charge on any atom is -0.349 e. The molecule has 1 spiro atoms. The Morgan fingerprint density at radius 3 is 3.09 bits per heavy atom. The highest BCUT2D eigenvalue weighted by atomic mass is 16.2. The molecule has 2 atom stereocenters. The number of pyridine rings is 1. The second-order valence-corrected chi connectivity index (χ2v) is 6.85. The average molecular weight is 309 g/mol. The van der Waals surface area contributed by atoms with Crippen molar-refractivity contribution >= 4 is 28.0 Å². The third-order valence-electron chi connectivity index (χ3n) is 5.63. The highest BCUT2D eigenvalue weighted by molar-refractivity contribution is 6.01. The number of H-pyrrole nitrogens is 1. The zero-order valence-corrected chi connectivity index (χ0v) is 12.9. The molecule has 6 heteroatoms. The molecule has 2 fully saturated rings. The van der Waals surface area contributed by atoms with Crippen LogP contribution >= 0.6 is 0 Å². The number of hydrogen-bond acceptors (Lipinski definition) is 3. The van der Waals surface area contributed by atoms with Crippen molar-refractivity contribution in [1.29, 1.82) is 0 Å². The zero-order chi connectivity index (χ0) is 15.4. The molecule has 1 amide bonds. The van der Waals surface area contributed by atoms with E-state index in [1.807, 2.05) is 18.7 Å². The SMILES string of the molecule is O=C1CCC2(CCCCC2n2cnc3cnc4[nH]ccc4c32)N1. The second-order valence-electron chi connectivity index (χ2n) is 6.85. The molecule has 1 saturated carbocycles. The van der Waals surface area contributed by atoms with Crippen molar-refractivity contribution in [2.75, 3.05) is 0 Å². The Bertz CT molecular complexity index is 910. The van der Waals surface area contributed by atoms with E-state index in [4.69, 9.17) is 0 Å². The molecule has 118 valence electrons. The number of amides is 1. The molecule has 4 heterocycles. The lowest BCUT2D eigenvalue weighted by molar-refractivity contribution is -0.120. The van der Waals surface area contributed by atoms with Crippen LogP contribution in [0.1, 0.15) is 44.6 Å². The predicted molar refractivity (Wildman–Crippen MR) is 87.0 cm³/mol. The lowest BCUT2D eigenvalue weighted by atomic mass is 9.76. The Balaban J connectivity index is 1.72. The Morgan fingerprint density at radius 2 is 2.22 bits per heavy atom. The maximum Gasteiger partial charge on any atom is 0.220 e. The van der Waals surface area contributed by atoms with E-state index in [2.05, 4.69) is 30.9 Å². The molecule has 1 saturated heterocycles. The van der Waals surface area contributed by atoms with E-state index in [1.165, 1.54) is 12.8 Å². The number of fused-ring (bicyclic) bond motifs is 3. The van der Waals surface area contributed by atoms with Gasteiger partial charge in [0.15, 0.2) is 0 Å². The molecule has 2 N–H and O–H groups in total. The van der Waals surface area contributed by atoms with Crippen LogP contribution in [0.5, 0.6) is 0 Å². The van der Waals surface area contributed by atoms with Crippen LogP contribution in [0.2, 0.25) is 0 Å². The maximum absolute atomic E-state index is 11.9. The number of rotatable bonds is 1. The number of aromatic nitrogens is 4. The molecule has 1 aliphatic heterocycles. The molecule has 5 rings (SSSR count). The summed E-state index contributed by atoms with van der Waals surface area (Å²) in [7, 11) is 0. The largest absolute Gasteiger partial charge is 0.349 e. The quantitative estimate of drug-likeness (QED) is 0.725. The molecule has 0 aromatic carbocycles. The highest BCUT2D eigenvalue weighted by Gasteiger charge is 2.46. The lowest BCUT2D eigenvalue weighted by Crippen LogP contribution is -2.50. The zero-order valence-electron chi connectivity index (χ0n) is 12.9. The summed E-state index contributed by atoms with van der Waals surface area (Å²) < 4.78 is 2.29. The first kappa shape index (κ1) is 13.1. The van der Waals surface area contributed by atoms with Gasteiger partial charge in [-0.05, 0) is 25.3 Å². The van der Waals surface area contributed by atoms with Gasteiger partial charge in [0.1, 0.15) is 11.2 Å². The third kappa shape index (κ3) is 1.77. The van der Waals surface area contributed by atoms with Gasteiger partial charge in [0.25, 0.3) is 0 Å². The molecule has 0 radical (unpaired) electrons. The summed E-state index contributed by atoms with van der Waals surface area (Å²) in [6.07, 6.45) is 11.8. The van der Waals surface area contributed by atoms with Crippen molar-refractivity contribution in [2.45, 2.75) is 50.1 Å². The van der Waals surface area contributed by atoms with Crippen LogP contribution in [-0.4, -0.2) is 31.0 Å².